The van der Waals surface area contributed by atoms with Crippen molar-refractivity contribution in [1.82, 2.24) is 14.5 Å². The topological polar surface area (TPSA) is 98.3 Å². The molecule has 0 saturated carbocycles. The highest BCUT2D eigenvalue weighted by atomic mass is 32.2. The van der Waals surface area contributed by atoms with Gasteiger partial charge >= 0.3 is 0 Å². The number of hydrogen-bond donors (Lipinski definition) is 1. The zero-order valence-corrected chi connectivity index (χ0v) is 15.5. The maximum Gasteiger partial charge on any atom is 0.257 e. The Morgan fingerprint density at radius 2 is 1.96 bits per heavy atom. The molecule has 1 atom stereocenters. The number of thioether (sulfide) groups is 1. The molecule has 3 rings (SSSR count). The van der Waals surface area contributed by atoms with E-state index in [1.54, 1.807) is 4.57 Å². The van der Waals surface area contributed by atoms with Crippen LogP contribution < -0.4 is 11.3 Å². The second kappa shape index (κ2) is 7.19. The second-order valence-corrected chi connectivity index (χ2v) is 7.72. The summed E-state index contributed by atoms with van der Waals surface area (Å²) < 4.78 is 1.65. The van der Waals surface area contributed by atoms with Crippen molar-refractivity contribution in [3.05, 3.63) is 21.6 Å². The molecular weight excluding hydrogens is 340 g/mol. The predicted octanol–water partition coefficient (Wildman–Crippen LogP) is 0.560. The molecule has 1 aromatic heterocycles. The van der Waals surface area contributed by atoms with Crippen molar-refractivity contribution in [2.45, 2.75) is 44.8 Å². The molecule has 2 aliphatic heterocycles. The molecule has 2 N–H and O–H groups in total. The molecule has 1 aromatic rings. The summed E-state index contributed by atoms with van der Waals surface area (Å²) in [5.41, 5.74) is 6.83. The maximum absolute atomic E-state index is 12.8. The number of primary amides is 1. The molecule has 2 amide bonds. The van der Waals surface area contributed by atoms with Gasteiger partial charge in [-0.05, 0) is 26.2 Å². The molecule has 0 radical (unpaired) electrons. The van der Waals surface area contributed by atoms with Gasteiger partial charge in [-0.25, -0.2) is 4.98 Å². The fraction of sp³-hybridized carbons (Fsp3) is 0.647. The number of fused-ring (bicyclic) bond motifs is 1. The monoisotopic (exact) mass is 364 g/mol. The second-order valence-electron chi connectivity index (χ2n) is 6.74. The lowest BCUT2D eigenvalue weighted by Crippen LogP contribution is -2.47. The highest BCUT2D eigenvalue weighted by Gasteiger charge is 2.33. The van der Waals surface area contributed by atoms with Crippen molar-refractivity contribution in [1.29, 1.82) is 0 Å². The van der Waals surface area contributed by atoms with Gasteiger partial charge in [-0.15, -0.1) is 0 Å². The number of likely N-dealkylation sites (tertiary alicyclic amines) is 1. The number of carbonyl (C=O) groups excluding carboxylic acids is 2. The molecule has 1 unspecified atom stereocenters. The lowest BCUT2D eigenvalue weighted by Gasteiger charge is -2.34. The predicted molar refractivity (Wildman–Crippen MR) is 95.3 cm³/mol. The summed E-state index contributed by atoms with van der Waals surface area (Å²) in [7, 11) is 0. The van der Waals surface area contributed by atoms with Gasteiger partial charge < -0.3 is 10.6 Å². The molecule has 0 spiro atoms. The van der Waals surface area contributed by atoms with Crippen LogP contribution in [0, 0.1) is 18.8 Å². The Labute approximate surface area is 151 Å². The minimum Gasteiger partial charge on any atom is -0.369 e. The number of aryl methyl sites for hydroxylation is 1. The van der Waals surface area contributed by atoms with Crippen LogP contribution in [0.25, 0.3) is 0 Å². The van der Waals surface area contributed by atoms with Gasteiger partial charge in [-0.2, -0.15) is 0 Å². The van der Waals surface area contributed by atoms with Gasteiger partial charge in [0.2, 0.25) is 11.8 Å². The molecule has 136 valence electrons. The lowest BCUT2D eigenvalue weighted by atomic mass is 9.95. The van der Waals surface area contributed by atoms with E-state index in [9.17, 15) is 14.4 Å². The Morgan fingerprint density at radius 3 is 2.56 bits per heavy atom. The first-order chi connectivity index (χ1) is 11.9. The fourth-order valence-corrected chi connectivity index (χ4v) is 4.71. The Hall–Kier alpha value is -1.83. The van der Waals surface area contributed by atoms with Crippen molar-refractivity contribution in [2.24, 2.45) is 17.6 Å². The molecule has 0 aliphatic carbocycles. The van der Waals surface area contributed by atoms with Crippen molar-refractivity contribution in [3.63, 3.8) is 0 Å². The number of hydrogen-bond acceptors (Lipinski definition) is 5. The SMILES string of the molecule is CCc1c(C)nc2n(c1=O)CC(C(=O)N1CCC(C(N)=O)CC1)CS2. The first kappa shape index (κ1) is 18.0. The van der Waals surface area contributed by atoms with Gasteiger partial charge in [0, 0.05) is 42.6 Å². The standard InChI is InChI=1S/C17H24N4O3S/c1-3-13-10(2)19-17-21(16(13)24)8-12(9-25-17)15(23)20-6-4-11(5-7-20)14(18)22/h11-12H,3-9H2,1-2H3,(H2,18,22). The van der Waals surface area contributed by atoms with E-state index >= 15 is 0 Å². The summed E-state index contributed by atoms with van der Waals surface area (Å²) in [6.45, 7) is 5.31. The maximum atomic E-state index is 12.8. The van der Waals surface area contributed by atoms with Crippen LogP contribution in [0.15, 0.2) is 9.95 Å². The molecule has 1 saturated heterocycles. The minimum absolute atomic E-state index is 0.0255. The van der Waals surface area contributed by atoms with Crippen molar-refractivity contribution in [3.8, 4) is 0 Å². The fourth-order valence-electron chi connectivity index (χ4n) is 3.59. The minimum atomic E-state index is -0.283. The van der Waals surface area contributed by atoms with Gasteiger partial charge in [0.05, 0.1) is 5.92 Å². The quantitative estimate of drug-likeness (QED) is 0.790. The summed E-state index contributed by atoms with van der Waals surface area (Å²) in [5.74, 6) is 0.0502. The number of piperidine rings is 1. The first-order valence-electron chi connectivity index (χ1n) is 8.73. The van der Waals surface area contributed by atoms with Crippen LogP contribution in [0.4, 0.5) is 0 Å². The van der Waals surface area contributed by atoms with Crippen LogP contribution in [-0.4, -0.2) is 45.1 Å². The average molecular weight is 364 g/mol. The van der Waals surface area contributed by atoms with Crippen LogP contribution in [0.5, 0.6) is 0 Å². The van der Waals surface area contributed by atoms with Crippen LogP contribution in [0.3, 0.4) is 0 Å². The first-order valence-corrected chi connectivity index (χ1v) is 9.72. The Balaban J connectivity index is 1.74. The van der Waals surface area contributed by atoms with Crippen LogP contribution >= 0.6 is 11.8 Å². The third-order valence-corrected chi connectivity index (χ3v) is 6.30. The third kappa shape index (κ3) is 3.44. The normalized spacial score (nSPS) is 21.0. The third-order valence-electron chi connectivity index (χ3n) is 5.16. The molecule has 0 aromatic carbocycles. The van der Waals surface area contributed by atoms with E-state index in [1.807, 2.05) is 18.7 Å². The number of amides is 2. The van der Waals surface area contributed by atoms with E-state index in [2.05, 4.69) is 4.98 Å². The molecular formula is C17H24N4O3S. The molecule has 7 nitrogen and oxygen atoms in total. The van der Waals surface area contributed by atoms with Gasteiger partial charge in [0.25, 0.3) is 5.56 Å². The molecule has 2 aliphatic rings. The molecule has 8 heteroatoms. The largest absolute Gasteiger partial charge is 0.369 e. The summed E-state index contributed by atoms with van der Waals surface area (Å²) in [6, 6.07) is 0. The Morgan fingerprint density at radius 1 is 1.28 bits per heavy atom. The zero-order chi connectivity index (χ0) is 18.1. The zero-order valence-electron chi connectivity index (χ0n) is 14.7. The van der Waals surface area contributed by atoms with Crippen LogP contribution in [-0.2, 0) is 22.6 Å². The number of rotatable bonds is 3. The van der Waals surface area contributed by atoms with E-state index in [-0.39, 0.29) is 29.2 Å². The van der Waals surface area contributed by atoms with Gasteiger partial charge in [-0.3, -0.25) is 19.0 Å². The number of aromatic nitrogens is 2. The average Bonchev–Trinajstić information content (AvgIpc) is 2.61. The molecule has 3 heterocycles. The highest BCUT2D eigenvalue weighted by molar-refractivity contribution is 7.99. The van der Waals surface area contributed by atoms with E-state index < -0.39 is 0 Å². The lowest BCUT2D eigenvalue weighted by molar-refractivity contribution is -0.138. The van der Waals surface area contributed by atoms with Gasteiger partial charge in [0.15, 0.2) is 5.16 Å². The number of carbonyl (C=O) groups is 2. The summed E-state index contributed by atoms with van der Waals surface area (Å²) in [6.07, 6.45) is 1.89. The van der Waals surface area contributed by atoms with Crippen LogP contribution in [0.1, 0.15) is 31.0 Å². The smallest absolute Gasteiger partial charge is 0.257 e. The molecule has 1 fully saturated rings. The van der Waals surface area contributed by atoms with E-state index in [1.165, 1.54) is 11.8 Å². The molecule has 25 heavy (non-hydrogen) atoms. The summed E-state index contributed by atoms with van der Waals surface area (Å²) in [4.78, 5) is 43.1. The molecule has 0 bridgehead atoms. The van der Waals surface area contributed by atoms with E-state index in [0.717, 1.165) is 11.3 Å². The van der Waals surface area contributed by atoms with E-state index in [4.69, 9.17) is 5.73 Å². The van der Waals surface area contributed by atoms with Gasteiger partial charge in [-0.1, -0.05) is 18.7 Å². The van der Waals surface area contributed by atoms with Crippen molar-refractivity contribution in [2.75, 3.05) is 18.8 Å². The summed E-state index contributed by atoms with van der Waals surface area (Å²) in [5, 5.41) is 0.705. The number of nitrogens with two attached hydrogens (primary N) is 1. The van der Waals surface area contributed by atoms with Gasteiger partial charge in [0.1, 0.15) is 0 Å². The van der Waals surface area contributed by atoms with Crippen LogP contribution in [0.2, 0.25) is 0 Å². The van der Waals surface area contributed by atoms with E-state index in [0.29, 0.717) is 49.8 Å². The Kier molecular flexibility index (Phi) is 5.17. The number of nitrogens with zero attached hydrogens (tertiary/aromatic N) is 3. The Bertz CT molecular complexity index is 753. The van der Waals surface area contributed by atoms with Crippen molar-refractivity contribution < 1.29 is 9.59 Å². The summed E-state index contributed by atoms with van der Waals surface area (Å²) >= 11 is 1.47. The van der Waals surface area contributed by atoms with Crippen molar-refractivity contribution >= 4 is 23.6 Å². The highest BCUT2D eigenvalue weighted by Crippen LogP contribution is 2.28.